The second kappa shape index (κ2) is 8.87. The second-order valence-corrected chi connectivity index (χ2v) is 8.64. The molecule has 0 fully saturated rings. The van der Waals surface area contributed by atoms with E-state index in [1.807, 2.05) is 0 Å². The first-order valence-corrected chi connectivity index (χ1v) is 11.2. The number of rotatable bonds is 6. The van der Waals surface area contributed by atoms with E-state index in [-0.39, 0.29) is 29.4 Å². The van der Waals surface area contributed by atoms with Gasteiger partial charge in [-0.15, -0.1) is 11.3 Å². The molecule has 2 aromatic heterocycles. The largest absolute Gasteiger partial charge is 0.463 e. The van der Waals surface area contributed by atoms with Crippen molar-refractivity contribution in [2.75, 3.05) is 11.9 Å². The number of thiazole rings is 1. The maximum atomic E-state index is 12.5. The summed E-state index contributed by atoms with van der Waals surface area (Å²) in [6.45, 7) is 0.222. The Labute approximate surface area is 197 Å². The van der Waals surface area contributed by atoms with Gasteiger partial charge in [-0.25, -0.2) is 4.98 Å². The van der Waals surface area contributed by atoms with E-state index in [1.54, 1.807) is 54.7 Å². The first-order chi connectivity index (χ1) is 16.5. The summed E-state index contributed by atoms with van der Waals surface area (Å²) in [4.78, 5) is 55.9. The molecule has 4 aromatic rings. The molecule has 9 heteroatoms. The monoisotopic (exact) mass is 471 g/mol. The zero-order valence-electron chi connectivity index (χ0n) is 17.7. The molecule has 0 saturated carbocycles. The topological polar surface area (TPSA) is 110 Å². The third-order valence-corrected chi connectivity index (χ3v) is 6.34. The number of carbonyl (C=O) groups is 3. The lowest BCUT2D eigenvalue weighted by atomic mass is 10.1. The predicted molar refractivity (Wildman–Crippen MR) is 128 cm³/mol. The predicted octanol–water partition coefficient (Wildman–Crippen LogP) is 3.74. The minimum atomic E-state index is -0.450. The van der Waals surface area contributed by atoms with Gasteiger partial charge in [-0.1, -0.05) is 24.3 Å². The van der Waals surface area contributed by atoms with Crippen LogP contribution in [-0.2, 0) is 11.2 Å². The molecule has 5 rings (SSSR count). The highest BCUT2D eigenvalue weighted by molar-refractivity contribution is 7.15. The summed E-state index contributed by atoms with van der Waals surface area (Å²) in [6.07, 6.45) is 5.97. The van der Waals surface area contributed by atoms with Crippen LogP contribution in [0.3, 0.4) is 0 Å². The van der Waals surface area contributed by atoms with E-state index < -0.39 is 5.91 Å². The van der Waals surface area contributed by atoms with Crippen LogP contribution in [0.1, 0.15) is 31.2 Å². The molecule has 3 amide bonds. The summed E-state index contributed by atoms with van der Waals surface area (Å²) in [7, 11) is 0. The van der Waals surface area contributed by atoms with Gasteiger partial charge in [0.2, 0.25) is 5.91 Å². The molecule has 0 atom stereocenters. The number of benzene rings is 2. The molecule has 0 radical (unpaired) electrons. The SMILES string of the molecule is O=C(/C=C/c1coc2ccccc2c1=O)Nc1ncc(CCN2C(=O)c3ccccc3C2=O)s1. The van der Waals surface area contributed by atoms with Crippen LogP contribution < -0.4 is 10.7 Å². The lowest BCUT2D eigenvalue weighted by molar-refractivity contribution is -0.111. The second-order valence-electron chi connectivity index (χ2n) is 7.53. The summed E-state index contributed by atoms with van der Waals surface area (Å²) in [5, 5.41) is 3.46. The van der Waals surface area contributed by atoms with Gasteiger partial charge >= 0.3 is 0 Å². The van der Waals surface area contributed by atoms with Crippen LogP contribution in [-0.4, -0.2) is 34.2 Å². The van der Waals surface area contributed by atoms with Gasteiger partial charge in [-0.3, -0.25) is 29.4 Å². The number of aromatic nitrogens is 1. The highest BCUT2D eigenvalue weighted by Crippen LogP contribution is 2.24. The third kappa shape index (κ3) is 4.04. The molecule has 0 aliphatic carbocycles. The summed E-state index contributed by atoms with van der Waals surface area (Å²) < 4.78 is 5.44. The summed E-state index contributed by atoms with van der Waals surface area (Å²) >= 11 is 1.25. The fourth-order valence-corrected chi connectivity index (χ4v) is 4.47. The molecule has 0 unspecified atom stereocenters. The molecule has 3 heterocycles. The maximum absolute atomic E-state index is 12.5. The number of carbonyl (C=O) groups excluding carboxylic acids is 3. The number of fused-ring (bicyclic) bond motifs is 2. The van der Waals surface area contributed by atoms with Crippen LogP contribution in [0.5, 0.6) is 0 Å². The number of nitrogens with one attached hydrogen (secondary N) is 1. The molecule has 1 aliphatic heterocycles. The van der Waals surface area contributed by atoms with Gasteiger partial charge in [-0.05, 0) is 30.3 Å². The average Bonchev–Trinajstić information content (AvgIpc) is 3.39. The van der Waals surface area contributed by atoms with E-state index in [0.717, 1.165) is 4.88 Å². The molecule has 0 saturated heterocycles. The Balaban J connectivity index is 1.20. The van der Waals surface area contributed by atoms with Gasteiger partial charge in [0.15, 0.2) is 10.6 Å². The molecule has 0 bridgehead atoms. The Bertz CT molecular complexity index is 1500. The lowest BCUT2D eigenvalue weighted by Gasteiger charge is -2.12. The smallest absolute Gasteiger partial charge is 0.261 e. The fourth-order valence-electron chi connectivity index (χ4n) is 3.67. The number of para-hydroxylation sites is 1. The zero-order valence-corrected chi connectivity index (χ0v) is 18.5. The molecule has 8 nitrogen and oxygen atoms in total. The minimum absolute atomic E-state index is 0.222. The van der Waals surface area contributed by atoms with Gasteiger partial charge in [0, 0.05) is 30.1 Å². The number of hydrogen-bond donors (Lipinski definition) is 1. The summed E-state index contributed by atoms with van der Waals surface area (Å²) in [5.74, 6) is -1.06. The Morgan fingerprint density at radius 2 is 1.74 bits per heavy atom. The van der Waals surface area contributed by atoms with Gasteiger partial charge in [-0.2, -0.15) is 0 Å². The Hall–Kier alpha value is -4.37. The van der Waals surface area contributed by atoms with Crippen molar-refractivity contribution in [2.45, 2.75) is 6.42 Å². The molecular weight excluding hydrogens is 454 g/mol. The Morgan fingerprint density at radius 1 is 1.03 bits per heavy atom. The molecule has 1 aliphatic rings. The van der Waals surface area contributed by atoms with Crippen molar-refractivity contribution < 1.29 is 18.8 Å². The van der Waals surface area contributed by atoms with Crippen molar-refractivity contribution in [1.29, 1.82) is 0 Å². The van der Waals surface area contributed by atoms with E-state index in [4.69, 9.17) is 4.42 Å². The van der Waals surface area contributed by atoms with Crippen LogP contribution in [0.15, 0.2) is 76.3 Å². The highest BCUT2D eigenvalue weighted by Gasteiger charge is 2.34. The van der Waals surface area contributed by atoms with E-state index in [9.17, 15) is 19.2 Å². The molecule has 0 spiro atoms. The van der Waals surface area contributed by atoms with Gasteiger partial charge in [0.1, 0.15) is 11.8 Å². The van der Waals surface area contributed by atoms with Gasteiger partial charge < -0.3 is 4.42 Å². The number of hydrogen-bond acceptors (Lipinski definition) is 7. The standard InChI is InChI=1S/C25H17N3O5S/c29-21(10-9-15-14-33-20-8-4-3-7-19(20)22(15)30)27-25-26-13-16(34-25)11-12-28-23(31)17-5-1-2-6-18(17)24(28)32/h1-10,13-14H,11-12H2,(H,26,27,29)/b10-9+. The normalized spacial score (nSPS) is 13.1. The number of nitrogens with zero attached hydrogens (tertiary/aromatic N) is 2. The van der Waals surface area contributed by atoms with Gasteiger partial charge in [0.25, 0.3) is 11.8 Å². The van der Waals surface area contributed by atoms with E-state index in [0.29, 0.717) is 33.6 Å². The molecule has 1 N–H and O–H groups in total. The zero-order chi connectivity index (χ0) is 23.7. The fraction of sp³-hybridized carbons (Fsp3) is 0.0800. The van der Waals surface area contributed by atoms with Crippen molar-refractivity contribution in [3.63, 3.8) is 0 Å². The third-order valence-electron chi connectivity index (χ3n) is 5.36. The van der Waals surface area contributed by atoms with Crippen molar-refractivity contribution in [3.8, 4) is 0 Å². The van der Waals surface area contributed by atoms with Crippen molar-refractivity contribution >= 4 is 51.2 Å². The van der Waals surface area contributed by atoms with E-state index in [1.165, 1.54) is 34.7 Å². The van der Waals surface area contributed by atoms with Crippen LogP contribution in [0, 0.1) is 0 Å². The van der Waals surface area contributed by atoms with Gasteiger partial charge in [0.05, 0.1) is 22.1 Å². The van der Waals surface area contributed by atoms with E-state index >= 15 is 0 Å². The van der Waals surface area contributed by atoms with E-state index in [2.05, 4.69) is 10.3 Å². The Morgan fingerprint density at radius 3 is 2.50 bits per heavy atom. The first kappa shape index (κ1) is 21.5. The Kier molecular flexibility index (Phi) is 5.60. The average molecular weight is 471 g/mol. The maximum Gasteiger partial charge on any atom is 0.261 e. The van der Waals surface area contributed by atoms with Crippen molar-refractivity contribution in [1.82, 2.24) is 9.88 Å². The van der Waals surface area contributed by atoms with Crippen LogP contribution in [0.4, 0.5) is 5.13 Å². The van der Waals surface area contributed by atoms with Crippen LogP contribution in [0.2, 0.25) is 0 Å². The summed E-state index contributed by atoms with van der Waals surface area (Å²) in [5.41, 5.74) is 1.34. The highest BCUT2D eigenvalue weighted by atomic mass is 32.1. The molecule has 34 heavy (non-hydrogen) atoms. The number of imide groups is 1. The van der Waals surface area contributed by atoms with Crippen LogP contribution >= 0.6 is 11.3 Å². The summed E-state index contributed by atoms with van der Waals surface area (Å²) in [6, 6.07) is 13.6. The quantitative estimate of drug-likeness (QED) is 0.339. The molecule has 2 aromatic carbocycles. The minimum Gasteiger partial charge on any atom is -0.463 e. The number of anilines is 1. The molecule has 168 valence electrons. The first-order valence-electron chi connectivity index (χ1n) is 10.4. The number of amides is 3. The lowest BCUT2D eigenvalue weighted by Crippen LogP contribution is -2.31. The van der Waals surface area contributed by atoms with Crippen molar-refractivity contribution in [3.05, 3.63) is 98.9 Å². The van der Waals surface area contributed by atoms with Crippen molar-refractivity contribution in [2.24, 2.45) is 0 Å². The van der Waals surface area contributed by atoms with Crippen LogP contribution in [0.25, 0.3) is 17.0 Å². The molecular formula is C25H17N3O5S.